The SMILES string of the molecule is COc1ccc(-c2ccc3ncnc(-c4ccc(C)c(C(=O)N5CCN(C)CC5)c4)c3c2)cn1. The van der Waals surface area contributed by atoms with Gasteiger partial charge in [0.25, 0.3) is 5.91 Å². The lowest BCUT2D eigenvalue weighted by Gasteiger charge is -2.32. The van der Waals surface area contributed by atoms with Crippen molar-refractivity contribution in [2.24, 2.45) is 0 Å². The van der Waals surface area contributed by atoms with Gasteiger partial charge in [0.1, 0.15) is 6.33 Å². The number of rotatable bonds is 4. The molecule has 0 bridgehead atoms. The van der Waals surface area contributed by atoms with E-state index in [9.17, 15) is 4.79 Å². The summed E-state index contributed by atoms with van der Waals surface area (Å²) in [5, 5.41) is 0.928. The van der Waals surface area contributed by atoms with Crippen LogP contribution in [0.25, 0.3) is 33.3 Å². The molecule has 7 nitrogen and oxygen atoms in total. The number of carbonyl (C=O) groups excluding carboxylic acids is 1. The summed E-state index contributed by atoms with van der Waals surface area (Å²) in [6.07, 6.45) is 3.37. The Hall–Kier alpha value is -3.84. The van der Waals surface area contributed by atoms with Gasteiger partial charge in [-0.15, -0.1) is 0 Å². The van der Waals surface area contributed by atoms with Gasteiger partial charge in [-0.1, -0.05) is 18.2 Å². The predicted molar refractivity (Wildman–Crippen MR) is 133 cm³/mol. The van der Waals surface area contributed by atoms with E-state index in [1.807, 2.05) is 54.3 Å². The van der Waals surface area contributed by atoms with E-state index < -0.39 is 0 Å². The van der Waals surface area contributed by atoms with E-state index in [0.717, 1.165) is 70.6 Å². The van der Waals surface area contributed by atoms with Crippen molar-refractivity contribution < 1.29 is 9.53 Å². The Morgan fingerprint density at radius 3 is 2.38 bits per heavy atom. The van der Waals surface area contributed by atoms with Crippen molar-refractivity contribution in [3.63, 3.8) is 0 Å². The van der Waals surface area contributed by atoms with E-state index in [2.05, 4.69) is 33.0 Å². The molecule has 0 radical (unpaired) electrons. The molecule has 0 N–H and O–H groups in total. The fourth-order valence-corrected chi connectivity index (χ4v) is 4.32. The first kappa shape index (κ1) is 22.0. The zero-order valence-electron chi connectivity index (χ0n) is 19.7. The molecule has 0 atom stereocenters. The summed E-state index contributed by atoms with van der Waals surface area (Å²) in [4.78, 5) is 30.9. The number of hydrogen-bond acceptors (Lipinski definition) is 6. The molecule has 1 saturated heterocycles. The highest BCUT2D eigenvalue weighted by atomic mass is 16.5. The number of piperazine rings is 1. The van der Waals surface area contributed by atoms with Crippen molar-refractivity contribution in [1.82, 2.24) is 24.8 Å². The van der Waals surface area contributed by atoms with Crippen LogP contribution >= 0.6 is 0 Å². The van der Waals surface area contributed by atoms with Crippen molar-refractivity contribution in [1.29, 1.82) is 0 Å². The highest BCUT2D eigenvalue weighted by Gasteiger charge is 2.22. The van der Waals surface area contributed by atoms with Crippen LogP contribution in [-0.2, 0) is 0 Å². The summed E-state index contributed by atoms with van der Waals surface area (Å²) in [6, 6.07) is 15.9. The van der Waals surface area contributed by atoms with Crippen LogP contribution in [0.5, 0.6) is 5.88 Å². The number of likely N-dealkylation sites (N-methyl/N-ethyl adjacent to an activating group) is 1. The van der Waals surface area contributed by atoms with Crippen LogP contribution in [0.2, 0.25) is 0 Å². The molecule has 1 aliphatic heterocycles. The molecule has 3 heterocycles. The van der Waals surface area contributed by atoms with Gasteiger partial charge in [-0.25, -0.2) is 15.0 Å². The van der Waals surface area contributed by atoms with Gasteiger partial charge in [-0.2, -0.15) is 0 Å². The third-order valence-corrected chi connectivity index (χ3v) is 6.45. The minimum Gasteiger partial charge on any atom is -0.481 e. The lowest BCUT2D eigenvalue weighted by atomic mass is 9.98. The number of fused-ring (bicyclic) bond motifs is 1. The lowest BCUT2D eigenvalue weighted by Crippen LogP contribution is -2.47. The monoisotopic (exact) mass is 453 g/mol. The maximum Gasteiger partial charge on any atom is 0.254 e. The molecule has 0 aliphatic carbocycles. The van der Waals surface area contributed by atoms with Crippen LogP contribution < -0.4 is 4.74 Å². The predicted octanol–water partition coefficient (Wildman–Crippen LogP) is 4.06. The van der Waals surface area contributed by atoms with Crippen molar-refractivity contribution >= 4 is 16.8 Å². The zero-order valence-corrected chi connectivity index (χ0v) is 19.7. The molecule has 5 rings (SSSR count). The molecule has 4 aromatic rings. The molecular weight excluding hydrogens is 426 g/mol. The summed E-state index contributed by atoms with van der Waals surface area (Å²) >= 11 is 0. The second kappa shape index (κ2) is 9.19. The fourth-order valence-electron chi connectivity index (χ4n) is 4.32. The fraction of sp³-hybridized carbons (Fsp3) is 0.259. The Morgan fingerprint density at radius 1 is 0.882 bits per heavy atom. The number of amides is 1. The Balaban J connectivity index is 1.54. The van der Waals surface area contributed by atoms with Gasteiger partial charge in [-0.05, 0) is 49.4 Å². The smallest absolute Gasteiger partial charge is 0.254 e. The van der Waals surface area contributed by atoms with Crippen molar-refractivity contribution in [3.8, 4) is 28.3 Å². The highest BCUT2D eigenvalue weighted by molar-refractivity contribution is 5.99. The molecule has 1 fully saturated rings. The third kappa shape index (κ3) is 4.22. The minimum absolute atomic E-state index is 0.0795. The number of hydrogen-bond donors (Lipinski definition) is 0. The van der Waals surface area contributed by atoms with E-state index >= 15 is 0 Å². The van der Waals surface area contributed by atoms with Crippen molar-refractivity contribution in [2.75, 3.05) is 40.3 Å². The van der Waals surface area contributed by atoms with Crippen molar-refractivity contribution in [2.45, 2.75) is 6.92 Å². The normalized spacial score (nSPS) is 14.4. The lowest BCUT2D eigenvalue weighted by molar-refractivity contribution is 0.0663. The minimum atomic E-state index is 0.0795. The van der Waals surface area contributed by atoms with Crippen LogP contribution in [-0.4, -0.2) is 71.0 Å². The summed E-state index contributed by atoms with van der Waals surface area (Å²) in [7, 11) is 3.69. The Labute approximate surface area is 199 Å². The van der Waals surface area contributed by atoms with Crippen LogP contribution in [0.4, 0.5) is 0 Å². The molecule has 34 heavy (non-hydrogen) atoms. The molecule has 2 aromatic carbocycles. The number of methoxy groups -OCH3 is 1. The van der Waals surface area contributed by atoms with Gasteiger partial charge >= 0.3 is 0 Å². The summed E-state index contributed by atoms with van der Waals surface area (Å²) in [6.45, 7) is 5.26. The summed E-state index contributed by atoms with van der Waals surface area (Å²) in [5.74, 6) is 0.654. The second-order valence-corrected chi connectivity index (χ2v) is 8.67. The summed E-state index contributed by atoms with van der Waals surface area (Å²) in [5.41, 5.74) is 6.25. The maximum atomic E-state index is 13.3. The van der Waals surface area contributed by atoms with Crippen LogP contribution in [0.1, 0.15) is 15.9 Å². The van der Waals surface area contributed by atoms with E-state index in [1.165, 1.54) is 0 Å². The van der Waals surface area contributed by atoms with Gasteiger partial charge in [0, 0.05) is 60.5 Å². The first-order valence-electron chi connectivity index (χ1n) is 11.4. The van der Waals surface area contributed by atoms with E-state index in [-0.39, 0.29) is 5.91 Å². The summed E-state index contributed by atoms with van der Waals surface area (Å²) < 4.78 is 5.18. The maximum absolute atomic E-state index is 13.3. The molecule has 7 heteroatoms. The number of aryl methyl sites for hydroxylation is 1. The first-order valence-corrected chi connectivity index (χ1v) is 11.4. The third-order valence-electron chi connectivity index (χ3n) is 6.45. The number of ether oxygens (including phenoxy) is 1. The molecule has 172 valence electrons. The average molecular weight is 454 g/mol. The number of benzene rings is 2. The van der Waals surface area contributed by atoms with Gasteiger partial charge in [0.2, 0.25) is 5.88 Å². The molecule has 0 saturated carbocycles. The standard InChI is InChI=1S/C27H27N5O2/c1-18-4-5-20(15-22(18)27(33)32-12-10-31(2)11-13-32)26-23-14-19(6-8-24(23)29-17-30-26)21-7-9-25(34-3)28-16-21/h4-9,14-17H,10-13H2,1-3H3. The molecule has 2 aromatic heterocycles. The number of aromatic nitrogens is 3. The van der Waals surface area contributed by atoms with E-state index in [4.69, 9.17) is 4.74 Å². The number of carbonyl (C=O) groups is 1. The Kier molecular flexibility index (Phi) is 5.94. The van der Waals surface area contributed by atoms with Crippen LogP contribution in [0.15, 0.2) is 61.1 Å². The Bertz CT molecular complexity index is 1350. The van der Waals surface area contributed by atoms with Crippen LogP contribution in [0.3, 0.4) is 0 Å². The van der Waals surface area contributed by atoms with E-state index in [1.54, 1.807) is 19.6 Å². The van der Waals surface area contributed by atoms with Crippen LogP contribution in [0, 0.1) is 6.92 Å². The second-order valence-electron chi connectivity index (χ2n) is 8.67. The van der Waals surface area contributed by atoms with Gasteiger partial charge in [0.05, 0.1) is 18.3 Å². The van der Waals surface area contributed by atoms with Gasteiger partial charge < -0.3 is 14.5 Å². The van der Waals surface area contributed by atoms with Gasteiger partial charge in [0.15, 0.2) is 0 Å². The molecular formula is C27H27N5O2. The average Bonchev–Trinajstić information content (AvgIpc) is 2.88. The molecule has 0 unspecified atom stereocenters. The highest BCUT2D eigenvalue weighted by Crippen LogP contribution is 2.31. The quantitative estimate of drug-likeness (QED) is 0.464. The van der Waals surface area contributed by atoms with Gasteiger partial charge in [-0.3, -0.25) is 4.79 Å². The molecule has 1 amide bonds. The Morgan fingerprint density at radius 2 is 1.65 bits per heavy atom. The number of pyridine rings is 1. The number of nitrogens with zero attached hydrogens (tertiary/aromatic N) is 5. The van der Waals surface area contributed by atoms with E-state index in [0.29, 0.717) is 5.88 Å². The molecule has 1 aliphatic rings. The van der Waals surface area contributed by atoms with Crippen molar-refractivity contribution in [3.05, 3.63) is 72.2 Å². The topological polar surface area (TPSA) is 71.5 Å². The molecule has 0 spiro atoms. The zero-order chi connectivity index (χ0) is 23.7. The largest absolute Gasteiger partial charge is 0.481 e. The first-order chi connectivity index (χ1) is 16.5.